The second-order valence-electron chi connectivity index (χ2n) is 4.41. The molecule has 1 saturated carbocycles. The van der Waals surface area contributed by atoms with Gasteiger partial charge in [-0.05, 0) is 19.3 Å². The van der Waals surface area contributed by atoms with Gasteiger partial charge in [0.05, 0.1) is 5.92 Å². The monoisotopic (exact) mass is 237 g/mol. The summed E-state index contributed by atoms with van der Waals surface area (Å²) < 4.78 is 1.60. The Balaban J connectivity index is 1.91. The first-order chi connectivity index (χ1) is 8.06. The molecule has 2 rings (SSSR count). The number of hydrogen-bond donors (Lipinski definition) is 2. The number of carbonyl (C=O) groups is 2. The van der Waals surface area contributed by atoms with Crippen molar-refractivity contribution in [3.05, 3.63) is 12.3 Å². The van der Waals surface area contributed by atoms with Crippen LogP contribution in [0.5, 0.6) is 0 Å². The largest absolute Gasteiger partial charge is 0.481 e. The van der Waals surface area contributed by atoms with E-state index in [9.17, 15) is 9.59 Å². The Hall–Kier alpha value is -1.85. The number of carbonyl (C=O) groups excluding carboxylic acids is 1. The van der Waals surface area contributed by atoms with Crippen molar-refractivity contribution < 1.29 is 14.7 Å². The summed E-state index contributed by atoms with van der Waals surface area (Å²) in [7, 11) is 1.77. The Morgan fingerprint density at radius 2 is 2.18 bits per heavy atom. The van der Waals surface area contributed by atoms with Gasteiger partial charge in [0.2, 0.25) is 5.91 Å². The zero-order valence-corrected chi connectivity index (χ0v) is 9.59. The van der Waals surface area contributed by atoms with Crippen LogP contribution >= 0.6 is 0 Å². The molecule has 92 valence electrons. The van der Waals surface area contributed by atoms with Gasteiger partial charge in [0.1, 0.15) is 0 Å². The van der Waals surface area contributed by atoms with E-state index in [0.29, 0.717) is 25.1 Å². The van der Waals surface area contributed by atoms with Gasteiger partial charge in [-0.25, -0.2) is 0 Å². The van der Waals surface area contributed by atoms with Crippen LogP contribution in [0.4, 0.5) is 5.82 Å². The van der Waals surface area contributed by atoms with Crippen LogP contribution in [-0.2, 0) is 16.6 Å². The summed E-state index contributed by atoms with van der Waals surface area (Å²) in [6.45, 7) is 0. The number of hydrogen-bond acceptors (Lipinski definition) is 3. The molecule has 6 nitrogen and oxygen atoms in total. The second kappa shape index (κ2) is 4.57. The summed E-state index contributed by atoms with van der Waals surface area (Å²) in [6.07, 6.45) is 3.38. The Morgan fingerprint density at radius 1 is 1.47 bits per heavy atom. The maximum absolute atomic E-state index is 11.8. The van der Waals surface area contributed by atoms with E-state index < -0.39 is 5.97 Å². The number of aromatic nitrogens is 2. The maximum atomic E-state index is 11.8. The molecule has 0 spiro atoms. The first kappa shape index (κ1) is 11.6. The molecule has 1 aromatic rings. The van der Waals surface area contributed by atoms with Gasteiger partial charge in [0, 0.05) is 25.2 Å². The normalized spacial score (nSPS) is 23.6. The highest BCUT2D eigenvalue weighted by molar-refractivity contribution is 5.92. The molecule has 1 aliphatic carbocycles. The molecule has 0 radical (unpaired) electrons. The van der Waals surface area contributed by atoms with E-state index in [2.05, 4.69) is 10.4 Å². The quantitative estimate of drug-likeness (QED) is 0.816. The van der Waals surface area contributed by atoms with Crippen molar-refractivity contribution in [2.45, 2.75) is 19.3 Å². The summed E-state index contributed by atoms with van der Waals surface area (Å²) in [6, 6.07) is 1.71. The molecular weight excluding hydrogens is 222 g/mol. The highest BCUT2D eigenvalue weighted by Crippen LogP contribution is 2.31. The van der Waals surface area contributed by atoms with Crippen LogP contribution in [0, 0.1) is 11.8 Å². The molecule has 0 bridgehead atoms. The average Bonchev–Trinajstić information content (AvgIpc) is 2.86. The van der Waals surface area contributed by atoms with Crippen LogP contribution in [0.2, 0.25) is 0 Å². The van der Waals surface area contributed by atoms with E-state index in [1.807, 2.05) is 0 Å². The highest BCUT2D eigenvalue weighted by atomic mass is 16.4. The Kier molecular flexibility index (Phi) is 3.12. The Bertz CT molecular complexity index is 441. The SMILES string of the molecule is Cn1ccc(NC(=O)[C@@H]2CC[C@H](C(=O)O)C2)n1. The van der Waals surface area contributed by atoms with Gasteiger partial charge >= 0.3 is 5.97 Å². The van der Waals surface area contributed by atoms with Crippen LogP contribution in [0.25, 0.3) is 0 Å². The number of amides is 1. The molecule has 1 heterocycles. The van der Waals surface area contributed by atoms with Gasteiger partial charge < -0.3 is 10.4 Å². The van der Waals surface area contributed by atoms with Gasteiger partial charge in [-0.2, -0.15) is 5.10 Å². The topological polar surface area (TPSA) is 84.2 Å². The van der Waals surface area contributed by atoms with Crippen LogP contribution < -0.4 is 5.32 Å². The molecule has 1 fully saturated rings. The van der Waals surface area contributed by atoms with Crippen molar-refractivity contribution in [1.29, 1.82) is 0 Å². The highest BCUT2D eigenvalue weighted by Gasteiger charge is 2.33. The van der Waals surface area contributed by atoms with Gasteiger partial charge in [-0.3, -0.25) is 14.3 Å². The lowest BCUT2D eigenvalue weighted by atomic mass is 10.0. The minimum Gasteiger partial charge on any atom is -0.481 e. The fraction of sp³-hybridized carbons (Fsp3) is 0.545. The summed E-state index contributed by atoms with van der Waals surface area (Å²) in [4.78, 5) is 22.6. The molecule has 1 aromatic heterocycles. The lowest BCUT2D eigenvalue weighted by molar-refractivity contribution is -0.141. The lowest BCUT2D eigenvalue weighted by Crippen LogP contribution is -2.22. The molecule has 1 amide bonds. The van der Waals surface area contributed by atoms with Crippen LogP contribution in [0.1, 0.15) is 19.3 Å². The van der Waals surface area contributed by atoms with Crippen molar-refractivity contribution in [1.82, 2.24) is 9.78 Å². The first-order valence-electron chi connectivity index (χ1n) is 5.59. The van der Waals surface area contributed by atoms with E-state index in [1.54, 1.807) is 24.0 Å². The van der Waals surface area contributed by atoms with Gasteiger partial charge in [-0.15, -0.1) is 0 Å². The smallest absolute Gasteiger partial charge is 0.306 e. The molecule has 0 aromatic carbocycles. The Morgan fingerprint density at radius 3 is 2.71 bits per heavy atom. The molecule has 17 heavy (non-hydrogen) atoms. The van der Waals surface area contributed by atoms with Gasteiger partial charge in [0.25, 0.3) is 0 Å². The van der Waals surface area contributed by atoms with Crippen molar-refractivity contribution in [3.63, 3.8) is 0 Å². The van der Waals surface area contributed by atoms with E-state index in [-0.39, 0.29) is 17.7 Å². The predicted molar refractivity (Wildman–Crippen MR) is 60.3 cm³/mol. The van der Waals surface area contributed by atoms with Crippen molar-refractivity contribution in [3.8, 4) is 0 Å². The number of rotatable bonds is 3. The molecule has 2 N–H and O–H groups in total. The molecule has 0 aliphatic heterocycles. The summed E-state index contributed by atoms with van der Waals surface area (Å²) >= 11 is 0. The minimum atomic E-state index is -0.807. The molecule has 2 atom stereocenters. The third kappa shape index (κ3) is 2.64. The lowest BCUT2D eigenvalue weighted by Gasteiger charge is -2.08. The number of carboxylic acid groups (broad SMARTS) is 1. The molecule has 6 heteroatoms. The van der Waals surface area contributed by atoms with Gasteiger partial charge in [-0.1, -0.05) is 0 Å². The fourth-order valence-corrected chi connectivity index (χ4v) is 2.15. The average molecular weight is 237 g/mol. The van der Waals surface area contributed by atoms with Crippen molar-refractivity contribution in [2.75, 3.05) is 5.32 Å². The van der Waals surface area contributed by atoms with Crippen LogP contribution in [0.15, 0.2) is 12.3 Å². The molecule has 0 unspecified atom stereocenters. The second-order valence-corrected chi connectivity index (χ2v) is 4.41. The molecule has 0 saturated heterocycles. The third-order valence-corrected chi connectivity index (χ3v) is 3.12. The van der Waals surface area contributed by atoms with E-state index in [0.717, 1.165) is 0 Å². The zero-order valence-electron chi connectivity index (χ0n) is 9.59. The van der Waals surface area contributed by atoms with Crippen LogP contribution in [0.3, 0.4) is 0 Å². The number of anilines is 1. The first-order valence-corrected chi connectivity index (χ1v) is 5.59. The molecular formula is C11H15N3O3. The van der Waals surface area contributed by atoms with E-state index in [1.165, 1.54) is 0 Å². The van der Waals surface area contributed by atoms with E-state index >= 15 is 0 Å². The third-order valence-electron chi connectivity index (χ3n) is 3.12. The standard InChI is InChI=1S/C11H15N3O3/c1-14-5-4-9(13-14)12-10(15)7-2-3-8(6-7)11(16)17/h4-5,7-8H,2-3,6H2,1H3,(H,16,17)(H,12,13,15)/t7-,8+/m1/s1. The zero-order chi connectivity index (χ0) is 12.4. The number of nitrogens with one attached hydrogen (secondary N) is 1. The van der Waals surface area contributed by atoms with Crippen molar-refractivity contribution >= 4 is 17.7 Å². The number of carboxylic acids is 1. The fourth-order valence-electron chi connectivity index (χ4n) is 2.15. The van der Waals surface area contributed by atoms with Crippen LogP contribution in [-0.4, -0.2) is 26.8 Å². The predicted octanol–water partition coefficient (Wildman–Crippen LogP) is 0.859. The molecule has 1 aliphatic rings. The van der Waals surface area contributed by atoms with Crippen molar-refractivity contribution in [2.24, 2.45) is 18.9 Å². The number of aliphatic carboxylic acids is 1. The van der Waals surface area contributed by atoms with E-state index in [4.69, 9.17) is 5.11 Å². The summed E-state index contributed by atoms with van der Waals surface area (Å²) in [5, 5.41) is 15.6. The number of nitrogens with zero attached hydrogens (tertiary/aromatic N) is 2. The summed E-state index contributed by atoms with van der Waals surface area (Å²) in [5.74, 6) is -1.02. The van der Waals surface area contributed by atoms with Gasteiger partial charge in [0.15, 0.2) is 5.82 Å². The minimum absolute atomic E-state index is 0.132. The maximum Gasteiger partial charge on any atom is 0.306 e. The Labute approximate surface area is 98.6 Å². The summed E-state index contributed by atoms with van der Waals surface area (Å²) in [5.41, 5.74) is 0. The number of aryl methyl sites for hydroxylation is 1.